The lowest BCUT2D eigenvalue weighted by Gasteiger charge is -2.29. The molecule has 3 aromatic rings. The van der Waals surface area contributed by atoms with E-state index in [2.05, 4.69) is 10.3 Å². The van der Waals surface area contributed by atoms with Crippen molar-refractivity contribution in [1.82, 2.24) is 10.3 Å². The largest absolute Gasteiger partial charge is 0.480 e. The molecule has 5 heteroatoms. The minimum atomic E-state index is -0.833. The van der Waals surface area contributed by atoms with Gasteiger partial charge in [0.25, 0.3) is 0 Å². The number of fused-ring (bicyclic) bond motifs is 3. The Bertz CT molecular complexity index is 886. The van der Waals surface area contributed by atoms with Crippen LogP contribution >= 0.6 is 11.6 Å². The molecule has 0 spiro atoms. The van der Waals surface area contributed by atoms with Crippen LogP contribution in [-0.4, -0.2) is 22.1 Å². The first-order valence-electron chi connectivity index (χ1n) is 7.47. The van der Waals surface area contributed by atoms with Crippen LogP contribution in [0.4, 0.5) is 0 Å². The number of carboxylic acid groups (broad SMARTS) is 1. The van der Waals surface area contributed by atoms with Gasteiger partial charge in [-0.25, -0.2) is 0 Å². The minimum absolute atomic E-state index is 0.190. The minimum Gasteiger partial charge on any atom is -0.480 e. The van der Waals surface area contributed by atoms with E-state index in [4.69, 9.17) is 11.6 Å². The number of aromatic amines is 1. The number of carbonyl (C=O) groups is 1. The molecule has 0 saturated carbocycles. The Labute approximate surface area is 138 Å². The van der Waals surface area contributed by atoms with E-state index in [-0.39, 0.29) is 6.04 Å². The Kier molecular flexibility index (Phi) is 3.36. The van der Waals surface area contributed by atoms with Gasteiger partial charge in [0, 0.05) is 28.0 Å². The van der Waals surface area contributed by atoms with E-state index >= 15 is 0 Å². The summed E-state index contributed by atoms with van der Waals surface area (Å²) in [4.78, 5) is 15.0. The molecule has 0 radical (unpaired) electrons. The van der Waals surface area contributed by atoms with Crippen molar-refractivity contribution in [2.75, 3.05) is 0 Å². The number of halogens is 1. The summed E-state index contributed by atoms with van der Waals surface area (Å²) in [6.45, 7) is 0. The molecule has 4 rings (SSSR count). The smallest absolute Gasteiger partial charge is 0.321 e. The zero-order valence-corrected chi connectivity index (χ0v) is 13.0. The molecule has 2 heterocycles. The van der Waals surface area contributed by atoms with Crippen molar-refractivity contribution in [3.05, 3.63) is 70.4 Å². The monoisotopic (exact) mass is 326 g/mol. The molecule has 3 N–H and O–H groups in total. The van der Waals surface area contributed by atoms with Crippen molar-refractivity contribution >= 4 is 28.5 Å². The topological polar surface area (TPSA) is 65.1 Å². The zero-order chi connectivity index (χ0) is 16.0. The van der Waals surface area contributed by atoms with Gasteiger partial charge in [0.2, 0.25) is 0 Å². The molecule has 0 fully saturated rings. The van der Waals surface area contributed by atoms with E-state index in [1.807, 2.05) is 48.5 Å². The fourth-order valence-corrected chi connectivity index (χ4v) is 3.44. The molecule has 0 unspecified atom stereocenters. The summed E-state index contributed by atoms with van der Waals surface area (Å²) in [6, 6.07) is 14.7. The van der Waals surface area contributed by atoms with Crippen LogP contribution in [0.15, 0.2) is 48.5 Å². The van der Waals surface area contributed by atoms with Crippen LogP contribution < -0.4 is 5.32 Å². The number of H-pyrrole nitrogens is 1. The molecule has 2 aromatic carbocycles. The van der Waals surface area contributed by atoms with Crippen molar-refractivity contribution in [2.45, 2.75) is 18.5 Å². The summed E-state index contributed by atoms with van der Waals surface area (Å²) in [7, 11) is 0. The SMILES string of the molecule is O=C(O)[C@H]1Cc2c([nH]c3ccccc23)[C@@H](c2ccc(Cl)cc2)N1. The maximum atomic E-state index is 11.6. The highest BCUT2D eigenvalue weighted by atomic mass is 35.5. The first kappa shape index (κ1) is 14.3. The Balaban J connectivity index is 1.89. The summed E-state index contributed by atoms with van der Waals surface area (Å²) in [5.74, 6) is -0.833. The van der Waals surface area contributed by atoms with Crippen LogP contribution in [-0.2, 0) is 11.2 Å². The normalized spacial score (nSPS) is 20.4. The molecule has 0 bridgehead atoms. The average Bonchev–Trinajstić information content (AvgIpc) is 2.93. The Morgan fingerprint density at radius 1 is 1.13 bits per heavy atom. The maximum absolute atomic E-state index is 11.6. The van der Waals surface area contributed by atoms with Crippen LogP contribution in [0.25, 0.3) is 10.9 Å². The highest BCUT2D eigenvalue weighted by Crippen LogP contribution is 2.35. The van der Waals surface area contributed by atoms with E-state index in [0.717, 1.165) is 27.7 Å². The lowest BCUT2D eigenvalue weighted by atomic mass is 9.90. The van der Waals surface area contributed by atoms with Gasteiger partial charge in [-0.15, -0.1) is 0 Å². The molecule has 4 nitrogen and oxygen atoms in total. The maximum Gasteiger partial charge on any atom is 0.321 e. The molecule has 1 aromatic heterocycles. The second-order valence-corrected chi connectivity index (χ2v) is 6.25. The van der Waals surface area contributed by atoms with Crippen molar-refractivity contribution in [1.29, 1.82) is 0 Å². The summed E-state index contributed by atoms with van der Waals surface area (Å²) in [5, 5.41) is 14.5. The molecule has 1 aliphatic heterocycles. The first-order valence-corrected chi connectivity index (χ1v) is 7.85. The molecule has 0 aliphatic carbocycles. The number of hydrogen-bond acceptors (Lipinski definition) is 2. The number of rotatable bonds is 2. The second kappa shape index (κ2) is 5.41. The van der Waals surface area contributed by atoms with Crippen molar-refractivity contribution in [3.8, 4) is 0 Å². The van der Waals surface area contributed by atoms with E-state index in [1.54, 1.807) is 0 Å². The molecule has 116 valence electrons. The lowest BCUT2D eigenvalue weighted by molar-refractivity contribution is -0.139. The standard InChI is InChI=1S/C18H15ClN2O2/c19-11-7-5-10(6-8-11)16-17-13(9-15(21-16)18(22)23)12-3-1-2-4-14(12)20-17/h1-8,15-16,20-21H,9H2,(H,22,23)/t15-,16-/m1/s1. The van der Waals surface area contributed by atoms with Gasteiger partial charge in [-0.05, 0) is 29.3 Å². The predicted octanol–water partition coefficient (Wildman–Crippen LogP) is 3.51. The van der Waals surface area contributed by atoms with Crippen LogP contribution in [0.2, 0.25) is 5.02 Å². The molecular weight excluding hydrogens is 312 g/mol. The van der Waals surface area contributed by atoms with Crippen molar-refractivity contribution in [2.24, 2.45) is 0 Å². The average molecular weight is 327 g/mol. The summed E-state index contributed by atoms with van der Waals surface area (Å²) >= 11 is 5.97. The van der Waals surface area contributed by atoms with Crippen molar-refractivity contribution < 1.29 is 9.90 Å². The quantitative estimate of drug-likeness (QED) is 0.675. The first-order chi connectivity index (χ1) is 11.1. The number of para-hydroxylation sites is 1. The van der Waals surface area contributed by atoms with Gasteiger partial charge in [-0.2, -0.15) is 0 Å². The molecule has 23 heavy (non-hydrogen) atoms. The number of aromatic nitrogens is 1. The summed E-state index contributed by atoms with van der Waals surface area (Å²) in [5.41, 5.74) is 4.13. The van der Waals surface area contributed by atoms with E-state index in [1.165, 1.54) is 0 Å². The van der Waals surface area contributed by atoms with Gasteiger partial charge in [-0.1, -0.05) is 41.9 Å². The highest BCUT2D eigenvalue weighted by Gasteiger charge is 2.33. The van der Waals surface area contributed by atoms with Crippen LogP contribution in [0.1, 0.15) is 22.9 Å². The number of nitrogens with one attached hydrogen (secondary N) is 2. The predicted molar refractivity (Wildman–Crippen MR) is 89.9 cm³/mol. The molecular formula is C18H15ClN2O2. The highest BCUT2D eigenvalue weighted by molar-refractivity contribution is 6.30. The zero-order valence-electron chi connectivity index (χ0n) is 12.2. The lowest BCUT2D eigenvalue weighted by Crippen LogP contribution is -2.44. The molecule has 0 saturated heterocycles. The van der Waals surface area contributed by atoms with E-state index in [0.29, 0.717) is 11.4 Å². The molecule has 2 atom stereocenters. The summed E-state index contributed by atoms with van der Waals surface area (Å²) in [6.07, 6.45) is 0.471. The number of hydrogen-bond donors (Lipinski definition) is 3. The van der Waals surface area contributed by atoms with Crippen LogP contribution in [0, 0.1) is 0 Å². The second-order valence-electron chi connectivity index (χ2n) is 5.81. The molecule has 0 amide bonds. The van der Waals surface area contributed by atoms with Gasteiger partial charge < -0.3 is 10.1 Å². The Morgan fingerprint density at radius 3 is 2.61 bits per heavy atom. The molecule has 1 aliphatic rings. The van der Waals surface area contributed by atoms with Crippen LogP contribution in [0.3, 0.4) is 0 Å². The van der Waals surface area contributed by atoms with Crippen molar-refractivity contribution in [3.63, 3.8) is 0 Å². The van der Waals surface area contributed by atoms with Crippen LogP contribution in [0.5, 0.6) is 0 Å². The van der Waals surface area contributed by atoms with E-state index in [9.17, 15) is 9.90 Å². The fourth-order valence-electron chi connectivity index (χ4n) is 3.31. The Hall–Kier alpha value is -2.30. The number of aliphatic carboxylic acids is 1. The fraction of sp³-hybridized carbons (Fsp3) is 0.167. The summed E-state index contributed by atoms with van der Waals surface area (Å²) < 4.78 is 0. The number of carboxylic acids is 1. The van der Waals surface area contributed by atoms with Gasteiger partial charge in [0.15, 0.2) is 0 Å². The third-order valence-electron chi connectivity index (χ3n) is 4.41. The Morgan fingerprint density at radius 2 is 1.87 bits per heavy atom. The number of benzene rings is 2. The van der Waals surface area contributed by atoms with Gasteiger partial charge in [0.1, 0.15) is 6.04 Å². The third-order valence-corrected chi connectivity index (χ3v) is 4.66. The third kappa shape index (κ3) is 2.40. The van der Waals surface area contributed by atoms with E-state index < -0.39 is 12.0 Å². The van der Waals surface area contributed by atoms with Gasteiger partial charge in [-0.3, -0.25) is 10.1 Å². The van der Waals surface area contributed by atoms with Gasteiger partial charge >= 0.3 is 5.97 Å². The van der Waals surface area contributed by atoms with Gasteiger partial charge in [0.05, 0.1) is 6.04 Å².